The lowest BCUT2D eigenvalue weighted by Gasteiger charge is -2.24. The molecule has 0 radical (unpaired) electrons. The van der Waals surface area contributed by atoms with E-state index in [0.717, 1.165) is 44.3 Å². The number of hydrogen-bond donors (Lipinski definition) is 1. The number of anilines is 1. The van der Waals surface area contributed by atoms with Crippen molar-refractivity contribution in [3.63, 3.8) is 0 Å². The average molecular weight is 355 g/mol. The number of hydrogen-bond acceptors (Lipinski definition) is 5. The molecule has 0 aromatic carbocycles. The second-order valence-electron chi connectivity index (χ2n) is 4.94. The lowest BCUT2D eigenvalue weighted by atomic mass is 10.1. The molecule has 0 aliphatic carbocycles. The Morgan fingerprint density at radius 2 is 2.14 bits per heavy atom. The predicted molar refractivity (Wildman–Crippen MR) is 93.1 cm³/mol. The van der Waals surface area contributed by atoms with E-state index in [1.165, 1.54) is 0 Å². The Balaban J connectivity index is 0.00000200. The molecule has 2 heterocycles. The van der Waals surface area contributed by atoms with Crippen LogP contribution in [-0.2, 0) is 4.79 Å². The summed E-state index contributed by atoms with van der Waals surface area (Å²) in [7, 11) is 1.89. The van der Waals surface area contributed by atoms with Gasteiger partial charge in [-0.25, -0.2) is 4.98 Å². The summed E-state index contributed by atoms with van der Waals surface area (Å²) in [5, 5.41) is 6.13. The van der Waals surface area contributed by atoms with Gasteiger partial charge in [-0.1, -0.05) is 6.92 Å². The summed E-state index contributed by atoms with van der Waals surface area (Å²) in [5.41, 5.74) is 0. The average Bonchev–Trinajstić information content (AvgIpc) is 2.83. The highest BCUT2D eigenvalue weighted by Gasteiger charge is 2.23. The zero-order valence-electron chi connectivity index (χ0n) is 12.4. The Bertz CT molecular complexity index is 405. The summed E-state index contributed by atoms with van der Waals surface area (Å²) in [6, 6.07) is 0. The quantitative estimate of drug-likeness (QED) is 0.896. The Labute approximate surface area is 142 Å². The molecular formula is C13H24Cl2N4OS. The third-order valence-corrected chi connectivity index (χ3v) is 4.26. The van der Waals surface area contributed by atoms with Crippen molar-refractivity contribution in [1.82, 2.24) is 15.2 Å². The number of aromatic nitrogens is 1. The van der Waals surface area contributed by atoms with E-state index in [2.05, 4.69) is 15.2 Å². The van der Waals surface area contributed by atoms with Gasteiger partial charge < -0.3 is 15.1 Å². The van der Waals surface area contributed by atoms with Gasteiger partial charge in [-0.3, -0.25) is 4.79 Å². The second kappa shape index (κ2) is 10.2. The molecule has 1 N–H and O–H groups in total. The minimum Gasteiger partial charge on any atom is -0.346 e. The molecule has 1 aliphatic heterocycles. The minimum atomic E-state index is 0. The Hall–Kier alpha value is -0.560. The fraction of sp³-hybridized carbons (Fsp3) is 0.692. The van der Waals surface area contributed by atoms with Gasteiger partial charge in [0.2, 0.25) is 5.91 Å². The molecule has 0 spiro atoms. The number of nitrogens with zero attached hydrogens (tertiary/aromatic N) is 3. The van der Waals surface area contributed by atoms with E-state index >= 15 is 0 Å². The van der Waals surface area contributed by atoms with Crippen molar-refractivity contribution >= 4 is 47.2 Å². The monoisotopic (exact) mass is 354 g/mol. The highest BCUT2D eigenvalue weighted by molar-refractivity contribution is 7.13. The molecule has 1 atom stereocenters. The first-order valence-corrected chi connectivity index (χ1v) is 7.68. The molecule has 8 heteroatoms. The van der Waals surface area contributed by atoms with Gasteiger partial charge in [-0.15, -0.1) is 36.2 Å². The fourth-order valence-electron chi connectivity index (χ4n) is 2.41. The van der Waals surface area contributed by atoms with Crippen molar-refractivity contribution in [2.24, 2.45) is 5.92 Å². The summed E-state index contributed by atoms with van der Waals surface area (Å²) in [5.74, 6) is 0.312. The number of carbonyl (C=O) groups excluding carboxylic acids is 1. The van der Waals surface area contributed by atoms with Gasteiger partial charge in [0, 0.05) is 50.2 Å². The normalized spacial score (nSPS) is 16.5. The van der Waals surface area contributed by atoms with E-state index in [1.54, 1.807) is 11.3 Å². The number of nitrogens with one attached hydrogen (secondary N) is 1. The van der Waals surface area contributed by atoms with Gasteiger partial charge in [-0.05, 0) is 13.5 Å². The molecule has 0 bridgehead atoms. The summed E-state index contributed by atoms with van der Waals surface area (Å²) in [6.45, 7) is 6.25. The Kier molecular flexibility index (Phi) is 9.94. The molecule has 1 aromatic heterocycles. The molecule has 122 valence electrons. The SMILES string of the molecule is CNCC(C)C(=O)N1CCCN(c2nccs2)CC1.Cl.Cl. The first kappa shape index (κ1) is 20.4. The predicted octanol–water partition coefficient (Wildman–Crippen LogP) is 1.88. The van der Waals surface area contributed by atoms with E-state index < -0.39 is 0 Å². The maximum atomic E-state index is 12.3. The van der Waals surface area contributed by atoms with Crippen LogP contribution in [0, 0.1) is 5.92 Å². The molecule has 1 saturated heterocycles. The van der Waals surface area contributed by atoms with E-state index in [-0.39, 0.29) is 36.6 Å². The van der Waals surface area contributed by atoms with Crippen LogP contribution in [0.2, 0.25) is 0 Å². The topological polar surface area (TPSA) is 48.5 Å². The Morgan fingerprint density at radius 1 is 1.38 bits per heavy atom. The van der Waals surface area contributed by atoms with Crippen LogP contribution < -0.4 is 10.2 Å². The van der Waals surface area contributed by atoms with Gasteiger partial charge in [0.15, 0.2) is 5.13 Å². The van der Waals surface area contributed by atoms with Crippen molar-refractivity contribution in [1.29, 1.82) is 0 Å². The van der Waals surface area contributed by atoms with Gasteiger partial charge >= 0.3 is 0 Å². The van der Waals surface area contributed by atoms with Gasteiger partial charge in [0.05, 0.1) is 0 Å². The Morgan fingerprint density at radius 3 is 2.76 bits per heavy atom. The van der Waals surface area contributed by atoms with Crippen LogP contribution in [0.5, 0.6) is 0 Å². The number of thiazole rings is 1. The van der Waals surface area contributed by atoms with Crippen molar-refractivity contribution in [2.45, 2.75) is 13.3 Å². The molecule has 5 nitrogen and oxygen atoms in total. The zero-order chi connectivity index (χ0) is 13.7. The summed E-state index contributed by atoms with van der Waals surface area (Å²) < 4.78 is 0. The van der Waals surface area contributed by atoms with Crippen molar-refractivity contribution in [2.75, 3.05) is 44.7 Å². The fourth-order valence-corrected chi connectivity index (χ4v) is 3.10. The third kappa shape index (κ3) is 5.62. The minimum absolute atomic E-state index is 0. The van der Waals surface area contributed by atoms with Gasteiger partial charge in [0.1, 0.15) is 0 Å². The van der Waals surface area contributed by atoms with Crippen molar-refractivity contribution in [3.8, 4) is 0 Å². The van der Waals surface area contributed by atoms with Crippen LogP contribution in [0.3, 0.4) is 0 Å². The molecule has 1 aromatic rings. The van der Waals surface area contributed by atoms with Crippen molar-refractivity contribution < 1.29 is 4.79 Å². The highest BCUT2D eigenvalue weighted by atomic mass is 35.5. The molecule has 1 fully saturated rings. The van der Waals surface area contributed by atoms with Crippen LogP contribution in [0.25, 0.3) is 0 Å². The number of halogens is 2. The molecular weight excluding hydrogens is 331 g/mol. The third-order valence-electron chi connectivity index (χ3n) is 3.43. The molecule has 1 unspecified atom stereocenters. The van der Waals surface area contributed by atoms with Crippen LogP contribution in [0.1, 0.15) is 13.3 Å². The standard InChI is InChI=1S/C13H22N4OS.2ClH/c1-11(10-14-2)12(18)16-5-3-6-17(8-7-16)13-15-4-9-19-13;;/h4,9,11,14H,3,5-8,10H2,1-2H3;2*1H. The van der Waals surface area contributed by atoms with Crippen LogP contribution in [0.15, 0.2) is 11.6 Å². The van der Waals surface area contributed by atoms with Crippen LogP contribution in [0.4, 0.5) is 5.13 Å². The van der Waals surface area contributed by atoms with Gasteiger partial charge in [-0.2, -0.15) is 0 Å². The zero-order valence-corrected chi connectivity index (χ0v) is 14.9. The first-order valence-electron chi connectivity index (χ1n) is 6.80. The number of rotatable bonds is 4. The summed E-state index contributed by atoms with van der Waals surface area (Å²) >= 11 is 1.66. The van der Waals surface area contributed by atoms with E-state index in [1.807, 2.05) is 30.4 Å². The van der Waals surface area contributed by atoms with E-state index in [0.29, 0.717) is 0 Å². The molecule has 0 saturated carbocycles. The molecule has 1 amide bonds. The largest absolute Gasteiger partial charge is 0.346 e. The van der Waals surface area contributed by atoms with E-state index in [9.17, 15) is 4.79 Å². The molecule has 1 aliphatic rings. The maximum Gasteiger partial charge on any atom is 0.226 e. The summed E-state index contributed by atoms with van der Waals surface area (Å²) in [6.07, 6.45) is 2.85. The maximum absolute atomic E-state index is 12.3. The summed E-state index contributed by atoms with van der Waals surface area (Å²) in [4.78, 5) is 20.9. The lowest BCUT2D eigenvalue weighted by molar-refractivity contribution is -0.134. The second-order valence-corrected chi connectivity index (χ2v) is 5.81. The van der Waals surface area contributed by atoms with E-state index in [4.69, 9.17) is 0 Å². The smallest absolute Gasteiger partial charge is 0.226 e. The molecule has 2 rings (SSSR count). The van der Waals surface area contributed by atoms with Crippen LogP contribution in [-0.4, -0.2) is 55.6 Å². The molecule has 21 heavy (non-hydrogen) atoms. The highest BCUT2D eigenvalue weighted by Crippen LogP contribution is 2.19. The number of carbonyl (C=O) groups is 1. The van der Waals surface area contributed by atoms with Crippen molar-refractivity contribution in [3.05, 3.63) is 11.6 Å². The number of amides is 1. The lowest BCUT2D eigenvalue weighted by Crippen LogP contribution is -2.40. The van der Waals surface area contributed by atoms with Crippen LogP contribution >= 0.6 is 36.2 Å². The first-order chi connectivity index (χ1) is 9.22. The van der Waals surface area contributed by atoms with Gasteiger partial charge in [0.25, 0.3) is 0 Å².